The molecule has 0 aromatic heterocycles. The van der Waals surface area contributed by atoms with Gasteiger partial charge >= 0.3 is 0 Å². The fraction of sp³-hybridized carbons (Fsp3) is 1.00. The third-order valence-electron chi connectivity index (χ3n) is 5.20. The second-order valence-corrected chi connectivity index (χ2v) is 6.28. The van der Waals surface area contributed by atoms with Crippen molar-refractivity contribution >= 4 is 0 Å². The summed E-state index contributed by atoms with van der Waals surface area (Å²) in [4.78, 5) is 0. The first kappa shape index (κ1) is 10.1. The zero-order valence-electron chi connectivity index (χ0n) is 9.75. The van der Waals surface area contributed by atoms with Crippen LogP contribution in [0, 0.1) is 17.8 Å². The van der Waals surface area contributed by atoms with Gasteiger partial charge in [-0.25, -0.2) is 0 Å². The normalized spacial score (nSPS) is 43.4. The maximum atomic E-state index is 10.8. The Morgan fingerprint density at radius 3 is 2.20 bits per heavy atom. The molecule has 3 saturated carbocycles. The van der Waals surface area contributed by atoms with Crippen molar-refractivity contribution in [3.05, 3.63) is 0 Å². The third kappa shape index (κ3) is 1.95. The summed E-state index contributed by atoms with van der Waals surface area (Å²) in [6.45, 7) is 0. The predicted octanol–water partition coefficient (Wildman–Crippen LogP) is 3.51. The average molecular weight is 208 g/mol. The molecule has 86 valence electrons. The summed E-state index contributed by atoms with van der Waals surface area (Å²) in [5.74, 6) is 2.53. The van der Waals surface area contributed by atoms with Crippen LogP contribution in [0.1, 0.15) is 64.2 Å². The number of hydrogen-bond donors (Lipinski definition) is 1. The number of aliphatic hydroxyl groups is 1. The summed E-state index contributed by atoms with van der Waals surface area (Å²) < 4.78 is 0. The molecule has 1 nitrogen and oxygen atoms in total. The van der Waals surface area contributed by atoms with E-state index in [9.17, 15) is 5.11 Å². The molecule has 3 fully saturated rings. The zero-order valence-corrected chi connectivity index (χ0v) is 9.75. The summed E-state index contributed by atoms with van der Waals surface area (Å²) in [5, 5.41) is 10.8. The Morgan fingerprint density at radius 1 is 0.800 bits per heavy atom. The molecule has 2 unspecified atom stereocenters. The second kappa shape index (κ2) is 3.76. The minimum Gasteiger partial charge on any atom is -0.390 e. The van der Waals surface area contributed by atoms with Gasteiger partial charge in [-0.2, -0.15) is 0 Å². The van der Waals surface area contributed by atoms with Crippen LogP contribution in [0.5, 0.6) is 0 Å². The van der Waals surface area contributed by atoms with Gasteiger partial charge in [0.15, 0.2) is 0 Å². The van der Waals surface area contributed by atoms with Crippen LogP contribution in [-0.4, -0.2) is 10.7 Å². The van der Waals surface area contributed by atoms with Crippen LogP contribution in [0.4, 0.5) is 0 Å². The SMILES string of the molecule is OC1(C2CCCC2)CCCC(C2CC2)C1. The smallest absolute Gasteiger partial charge is 0.0678 e. The second-order valence-electron chi connectivity index (χ2n) is 6.28. The van der Waals surface area contributed by atoms with Crippen molar-refractivity contribution in [1.29, 1.82) is 0 Å². The molecule has 0 saturated heterocycles. The molecule has 3 aliphatic rings. The molecule has 3 rings (SSSR count). The maximum Gasteiger partial charge on any atom is 0.0678 e. The van der Waals surface area contributed by atoms with Gasteiger partial charge in [0, 0.05) is 0 Å². The molecular formula is C14H24O. The summed E-state index contributed by atoms with van der Waals surface area (Å²) in [7, 11) is 0. The van der Waals surface area contributed by atoms with Crippen molar-refractivity contribution in [3.8, 4) is 0 Å². The van der Waals surface area contributed by atoms with E-state index in [4.69, 9.17) is 0 Å². The zero-order chi connectivity index (χ0) is 10.3. The number of hydrogen-bond acceptors (Lipinski definition) is 1. The molecule has 0 radical (unpaired) electrons. The minimum atomic E-state index is -0.248. The van der Waals surface area contributed by atoms with Crippen LogP contribution >= 0.6 is 0 Å². The van der Waals surface area contributed by atoms with E-state index in [0.29, 0.717) is 5.92 Å². The third-order valence-corrected chi connectivity index (χ3v) is 5.20. The molecule has 1 heteroatoms. The average Bonchev–Trinajstić information content (AvgIpc) is 2.93. The maximum absolute atomic E-state index is 10.8. The first-order valence-corrected chi connectivity index (χ1v) is 7.00. The molecule has 0 aromatic rings. The summed E-state index contributed by atoms with van der Waals surface area (Å²) in [6, 6.07) is 0. The highest BCUT2D eigenvalue weighted by Crippen LogP contribution is 2.50. The molecule has 1 N–H and O–H groups in total. The van der Waals surface area contributed by atoms with Crippen LogP contribution in [0.2, 0.25) is 0 Å². The Morgan fingerprint density at radius 2 is 1.53 bits per heavy atom. The van der Waals surface area contributed by atoms with Gasteiger partial charge in [0.2, 0.25) is 0 Å². The summed E-state index contributed by atoms with van der Waals surface area (Å²) >= 11 is 0. The van der Waals surface area contributed by atoms with Crippen molar-refractivity contribution < 1.29 is 5.11 Å². The van der Waals surface area contributed by atoms with E-state index in [1.54, 1.807) is 0 Å². The fourth-order valence-corrected chi connectivity index (χ4v) is 4.13. The first-order valence-electron chi connectivity index (χ1n) is 7.00. The monoisotopic (exact) mass is 208 g/mol. The highest BCUT2D eigenvalue weighted by Gasteiger charge is 2.45. The van der Waals surface area contributed by atoms with Gasteiger partial charge in [-0.1, -0.05) is 19.3 Å². The van der Waals surface area contributed by atoms with Gasteiger partial charge in [0.05, 0.1) is 5.60 Å². The Balaban J connectivity index is 1.67. The molecule has 0 bridgehead atoms. The first-order chi connectivity index (χ1) is 7.28. The van der Waals surface area contributed by atoms with Crippen molar-refractivity contribution in [2.24, 2.45) is 17.8 Å². The quantitative estimate of drug-likeness (QED) is 0.736. The van der Waals surface area contributed by atoms with Gasteiger partial charge < -0.3 is 5.11 Å². The largest absolute Gasteiger partial charge is 0.390 e. The molecule has 2 atom stereocenters. The highest BCUT2D eigenvalue weighted by molar-refractivity contribution is 4.97. The van der Waals surface area contributed by atoms with Crippen LogP contribution in [-0.2, 0) is 0 Å². The van der Waals surface area contributed by atoms with Gasteiger partial charge in [0.1, 0.15) is 0 Å². The molecule has 0 aliphatic heterocycles. The van der Waals surface area contributed by atoms with Crippen molar-refractivity contribution in [1.82, 2.24) is 0 Å². The van der Waals surface area contributed by atoms with Crippen molar-refractivity contribution in [2.75, 3.05) is 0 Å². The van der Waals surface area contributed by atoms with Gasteiger partial charge in [0.25, 0.3) is 0 Å². The van der Waals surface area contributed by atoms with Crippen LogP contribution < -0.4 is 0 Å². The lowest BCUT2D eigenvalue weighted by Gasteiger charge is -2.41. The van der Waals surface area contributed by atoms with Gasteiger partial charge in [-0.05, 0) is 62.7 Å². The van der Waals surface area contributed by atoms with Crippen molar-refractivity contribution in [3.63, 3.8) is 0 Å². The molecule has 0 heterocycles. The predicted molar refractivity (Wildman–Crippen MR) is 61.6 cm³/mol. The molecule has 3 aliphatic carbocycles. The Kier molecular flexibility index (Phi) is 2.54. The van der Waals surface area contributed by atoms with Gasteiger partial charge in [-0.3, -0.25) is 0 Å². The van der Waals surface area contributed by atoms with Crippen LogP contribution in [0.25, 0.3) is 0 Å². The van der Waals surface area contributed by atoms with Gasteiger partial charge in [-0.15, -0.1) is 0 Å². The lowest BCUT2D eigenvalue weighted by Crippen LogP contribution is -2.41. The standard InChI is InChI=1S/C14H24O/c15-14(13-5-1-2-6-13)9-3-4-12(10-14)11-7-8-11/h11-13,15H,1-10H2. The van der Waals surface area contributed by atoms with Crippen LogP contribution in [0.3, 0.4) is 0 Å². The van der Waals surface area contributed by atoms with E-state index in [2.05, 4.69) is 0 Å². The van der Waals surface area contributed by atoms with E-state index in [0.717, 1.165) is 24.7 Å². The summed E-state index contributed by atoms with van der Waals surface area (Å²) in [5.41, 5.74) is -0.248. The van der Waals surface area contributed by atoms with E-state index < -0.39 is 0 Å². The van der Waals surface area contributed by atoms with E-state index >= 15 is 0 Å². The molecule has 0 amide bonds. The highest BCUT2D eigenvalue weighted by atomic mass is 16.3. The fourth-order valence-electron chi connectivity index (χ4n) is 4.13. The minimum absolute atomic E-state index is 0.248. The van der Waals surface area contributed by atoms with E-state index in [1.165, 1.54) is 51.4 Å². The molecular weight excluding hydrogens is 184 g/mol. The van der Waals surface area contributed by atoms with Crippen molar-refractivity contribution in [2.45, 2.75) is 69.8 Å². The Bertz CT molecular complexity index is 227. The van der Waals surface area contributed by atoms with Crippen LogP contribution in [0.15, 0.2) is 0 Å². The summed E-state index contributed by atoms with van der Waals surface area (Å²) in [6.07, 6.45) is 13.2. The molecule has 0 spiro atoms. The number of rotatable bonds is 2. The lowest BCUT2D eigenvalue weighted by molar-refractivity contribution is -0.0662. The molecule has 15 heavy (non-hydrogen) atoms. The van der Waals surface area contributed by atoms with E-state index in [1.807, 2.05) is 0 Å². The Labute approximate surface area is 93.3 Å². The topological polar surface area (TPSA) is 20.2 Å². The Hall–Kier alpha value is -0.0400. The molecule has 0 aromatic carbocycles. The van der Waals surface area contributed by atoms with E-state index in [-0.39, 0.29) is 5.60 Å². The lowest BCUT2D eigenvalue weighted by atomic mass is 9.69.